The molecule has 120 valence electrons. The Balaban J connectivity index is 2.03. The van der Waals surface area contributed by atoms with Gasteiger partial charge in [0.15, 0.2) is 0 Å². The minimum absolute atomic E-state index is 0.0798. The van der Waals surface area contributed by atoms with Gasteiger partial charge in [0.2, 0.25) is 5.91 Å². The first kappa shape index (κ1) is 17.4. The number of nitriles is 1. The van der Waals surface area contributed by atoms with Crippen LogP contribution in [0.15, 0.2) is 40.6 Å². The van der Waals surface area contributed by atoms with E-state index in [1.54, 1.807) is 24.3 Å². The number of carbonyl (C=O) groups excluding carboxylic acids is 1. The number of benzene rings is 1. The Kier molecular flexibility index (Phi) is 5.38. The molecule has 1 N–H and O–H groups in total. The Bertz CT molecular complexity index is 854. The van der Waals surface area contributed by atoms with Gasteiger partial charge in [0.05, 0.1) is 22.5 Å². The van der Waals surface area contributed by atoms with Crippen molar-refractivity contribution in [2.45, 2.75) is 4.21 Å². The second-order valence-electron chi connectivity index (χ2n) is 4.56. The van der Waals surface area contributed by atoms with Crippen LogP contribution < -0.4 is 5.32 Å². The van der Waals surface area contributed by atoms with Crippen LogP contribution >= 0.6 is 22.9 Å². The number of likely N-dealkylation sites (N-methyl/N-ethyl adjacent to an activating group) is 1. The van der Waals surface area contributed by atoms with Crippen LogP contribution in [0.4, 0.5) is 5.69 Å². The maximum absolute atomic E-state index is 12.3. The molecule has 0 atom stereocenters. The lowest BCUT2D eigenvalue weighted by molar-refractivity contribution is -0.116. The van der Waals surface area contributed by atoms with Crippen molar-refractivity contribution in [2.24, 2.45) is 0 Å². The topological polar surface area (TPSA) is 90.3 Å². The zero-order valence-corrected chi connectivity index (χ0v) is 14.4. The highest BCUT2D eigenvalue weighted by Gasteiger charge is 2.24. The van der Waals surface area contributed by atoms with Crippen molar-refractivity contribution in [1.82, 2.24) is 4.31 Å². The molecule has 0 aliphatic heterocycles. The van der Waals surface area contributed by atoms with Crippen molar-refractivity contribution in [3.63, 3.8) is 0 Å². The summed E-state index contributed by atoms with van der Waals surface area (Å²) in [5.41, 5.74) is 0.955. The molecule has 0 saturated heterocycles. The molecule has 0 aliphatic carbocycles. The molecule has 0 fully saturated rings. The number of amides is 1. The third-order valence-corrected chi connectivity index (χ3v) is 6.38. The van der Waals surface area contributed by atoms with Gasteiger partial charge in [-0.25, -0.2) is 8.42 Å². The summed E-state index contributed by atoms with van der Waals surface area (Å²) in [5, 5.41) is 11.3. The van der Waals surface area contributed by atoms with Gasteiger partial charge in [-0.05, 0) is 36.4 Å². The molecule has 0 saturated carbocycles. The Labute approximate surface area is 143 Å². The third-order valence-electron chi connectivity index (χ3n) is 2.88. The first-order chi connectivity index (χ1) is 10.8. The smallest absolute Gasteiger partial charge is 0.252 e. The van der Waals surface area contributed by atoms with Crippen LogP contribution in [-0.2, 0) is 14.8 Å². The highest BCUT2D eigenvalue weighted by Crippen LogP contribution is 2.27. The summed E-state index contributed by atoms with van der Waals surface area (Å²) < 4.78 is 25.9. The summed E-state index contributed by atoms with van der Waals surface area (Å²) in [6.07, 6.45) is 0. The van der Waals surface area contributed by atoms with Crippen molar-refractivity contribution in [3.8, 4) is 6.07 Å². The normalized spacial score (nSPS) is 11.2. The average Bonchev–Trinajstić information content (AvgIpc) is 2.95. The molecule has 1 aromatic carbocycles. The fraction of sp³-hybridized carbons (Fsp3) is 0.143. The van der Waals surface area contributed by atoms with E-state index in [-0.39, 0.29) is 10.8 Å². The van der Waals surface area contributed by atoms with Gasteiger partial charge in [-0.15, -0.1) is 11.3 Å². The van der Waals surface area contributed by atoms with Crippen molar-refractivity contribution < 1.29 is 13.2 Å². The number of thiophene rings is 1. The molecule has 2 aromatic rings. The summed E-state index contributed by atoms with van der Waals surface area (Å²) in [6, 6.07) is 11.1. The van der Waals surface area contributed by atoms with Crippen LogP contribution in [0.2, 0.25) is 4.34 Å². The zero-order chi connectivity index (χ0) is 17.0. The first-order valence-electron chi connectivity index (χ1n) is 6.34. The van der Waals surface area contributed by atoms with E-state index in [2.05, 4.69) is 5.32 Å². The first-order valence-corrected chi connectivity index (χ1v) is 8.98. The number of hydrogen-bond donors (Lipinski definition) is 1. The maximum atomic E-state index is 12.3. The number of nitrogens with zero attached hydrogens (tertiary/aromatic N) is 2. The number of halogens is 1. The molecule has 1 amide bonds. The van der Waals surface area contributed by atoms with E-state index >= 15 is 0 Å². The van der Waals surface area contributed by atoms with Gasteiger partial charge in [0.1, 0.15) is 4.21 Å². The van der Waals surface area contributed by atoms with E-state index in [0.717, 1.165) is 15.6 Å². The SMILES string of the molecule is CN(CC(=O)Nc1ccc(C#N)cc1)S(=O)(=O)c1ccc(Cl)s1. The van der Waals surface area contributed by atoms with Crippen LogP contribution in [0.5, 0.6) is 0 Å². The van der Waals surface area contributed by atoms with Crippen molar-refractivity contribution in [1.29, 1.82) is 5.26 Å². The van der Waals surface area contributed by atoms with Crippen molar-refractivity contribution in [2.75, 3.05) is 18.9 Å². The second kappa shape index (κ2) is 7.10. The van der Waals surface area contributed by atoms with E-state index in [1.807, 2.05) is 6.07 Å². The van der Waals surface area contributed by atoms with Crippen LogP contribution in [0.1, 0.15) is 5.56 Å². The molecule has 0 spiro atoms. The predicted octanol–water partition coefficient (Wildman–Crippen LogP) is 2.53. The lowest BCUT2D eigenvalue weighted by Gasteiger charge is -2.15. The highest BCUT2D eigenvalue weighted by atomic mass is 35.5. The number of nitrogens with one attached hydrogen (secondary N) is 1. The minimum atomic E-state index is -3.75. The molecule has 1 aromatic heterocycles. The molecule has 6 nitrogen and oxygen atoms in total. The van der Waals surface area contributed by atoms with E-state index in [4.69, 9.17) is 16.9 Å². The Morgan fingerprint density at radius 1 is 1.30 bits per heavy atom. The largest absolute Gasteiger partial charge is 0.325 e. The summed E-state index contributed by atoms with van der Waals surface area (Å²) in [4.78, 5) is 12.0. The number of hydrogen-bond acceptors (Lipinski definition) is 5. The molecule has 0 bridgehead atoms. The molecule has 1 heterocycles. The molecular formula is C14H12ClN3O3S2. The van der Waals surface area contributed by atoms with Crippen molar-refractivity contribution in [3.05, 3.63) is 46.3 Å². The summed E-state index contributed by atoms with van der Waals surface area (Å²) in [5.74, 6) is -0.483. The number of rotatable bonds is 5. The Hall–Kier alpha value is -1.92. The molecule has 0 aliphatic rings. The zero-order valence-electron chi connectivity index (χ0n) is 12.0. The van der Waals surface area contributed by atoms with Crippen LogP contribution in [-0.4, -0.2) is 32.2 Å². The van der Waals surface area contributed by atoms with Gasteiger partial charge in [-0.1, -0.05) is 11.6 Å². The fourth-order valence-corrected chi connectivity index (χ4v) is 4.53. The van der Waals surface area contributed by atoms with Crippen LogP contribution in [0.3, 0.4) is 0 Å². The standard InChI is InChI=1S/C14H12ClN3O3S2/c1-18(23(20,21)14-7-6-12(15)22-14)9-13(19)17-11-4-2-10(8-16)3-5-11/h2-7H,9H2,1H3,(H,17,19). The maximum Gasteiger partial charge on any atom is 0.252 e. The van der Waals surface area contributed by atoms with Crippen molar-refractivity contribution >= 4 is 44.6 Å². The predicted molar refractivity (Wildman–Crippen MR) is 88.9 cm³/mol. The number of anilines is 1. The Morgan fingerprint density at radius 3 is 2.48 bits per heavy atom. The minimum Gasteiger partial charge on any atom is -0.325 e. The summed E-state index contributed by atoms with van der Waals surface area (Å²) >= 11 is 6.67. The monoisotopic (exact) mass is 369 g/mol. The number of carbonyl (C=O) groups is 1. The summed E-state index contributed by atoms with van der Waals surface area (Å²) in [6.45, 7) is -0.335. The van der Waals surface area contributed by atoms with Crippen LogP contribution in [0, 0.1) is 11.3 Å². The molecule has 0 radical (unpaired) electrons. The lowest BCUT2D eigenvalue weighted by Crippen LogP contribution is -2.34. The van der Waals surface area contributed by atoms with Gasteiger partial charge in [0, 0.05) is 12.7 Å². The second-order valence-corrected chi connectivity index (χ2v) is 8.54. The van der Waals surface area contributed by atoms with Gasteiger partial charge in [-0.3, -0.25) is 4.79 Å². The van der Waals surface area contributed by atoms with E-state index in [1.165, 1.54) is 19.2 Å². The van der Waals surface area contributed by atoms with E-state index < -0.39 is 15.9 Å². The summed E-state index contributed by atoms with van der Waals surface area (Å²) in [7, 11) is -2.43. The van der Waals surface area contributed by atoms with Gasteiger partial charge in [0.25, 0.3) is 10.0 Å². The Morgan fingerprint density at radius 2 is 1.96 bits per heavy atom. The van der Waals surface area contributed by atoms with Gasteiger partial charge in [-0.2, -0.15) is 9.57 Å². The lowest BCUT2D eigenvalue weighted by atomic mass is 10.2. The number of sulfonamides is 1. The molecule has 0 unspecified atom stereocenters. The fourth-order valence-electron chi connectivity index (χ4n) is 1.71. The van der Waals surface area contributed by atoms with Gasteiger partial charge < -0.3 is 5.32 Å². The van der Waals surface area contributed by atoms with E-state index in [0.29, 0.717) is 15.6 Å². The molecule has 2 rings (SSSR count). The molecule has 23 heavy (non-hydrogen) atoms. The molecular weight excluding hydrogens is 358 g/mol. The van der Waals surface area contributed by atoms with E-state index in [9.17, 15) is 13.2 Å². The average molecular weight is 370 g/mol. The van der Waals surface area contributed by atoms with Crippen LogP contribution in [0.25, 0.3) is 0 Å². The third kappa shape index (κ3) is 4.30. The molecule has 9 heteroatoms. The quantitative estimate of drug-likeness (QED) is 0.876. The highest BCUT2D eigenvalue weighted by molar-refractivity contribution is 7.91. The van der Waals surface area contributed by atoms with Gasteiger partial charge >= 0.3 is 0 Å².